The molecule has 0 bridgehead atoms. The van der Waals surface area contributed by atoms with E-state index in [0.29, 0.717) is 22.0 Å². The standard InChI is InChI=1S/C28H29ClN6O3/c1-18-6-5-9-23(16-18)35(25(36)17-34-32-27(31-33-34)24-15-10-19(2)38-24)26(20-11-13-21(29)14-12-20)28(37)30-22-7-3-4-8-22/h5-6,9-16,22,26H,3-4,7-8,17H2,1-2H3,(H,30,37)/t26-/m1/s1. The Kier molecular flexibility index (Phi) is 7.55. The second-order valence-electron chi connectivity index (χ2n) is 9.60. The van der Waals surface area contributed by atoms with Crippen LogP contribution in [0.3, 0.4) is 0 Å². The molecule has 1 atom stereocenters. The molecule has 1 aliphatic carbocycles. The van der Waals surface area contributed by atoms with E-state index < -0.39 is 6.04 Å². The Morgan fingerprint density at radius 1 is 1.11 bits per heavy atom. The summed E-state index contributed by atoms with van der Waals surface area (Å²) in [5, 5.41) is 16.2. The molecule has 0 spiro atoms. The molecule has 1 N–H and O–H groups in total. The van der Waals surface area contributed by atoms with E-state index in [1.807, 2.05) is 38.1 Å². The first kappa shape index (κ1) is 25.7. The van der Waals surface area contributed by atoms with Crippen molar-refractivity contribution in [2.75, 3.05) is 4.90 Å². The summed E-state index contributed by atoms with van der Waals surface area (Å²) in [6.07, 6.45) is 4.00. The molecule has 2 amide bonds. The van der Waals surface area contributed by atoms with E-state index in [1.165, 1.54) is 9.70 Å². The predicted octanol–water partition coefficient (Wildman–Crippen LogP) is 5.04. The normalized spacial score (nSPS) is 14.4. The molecule has 38 heavy (non-hydrogen) atoms. The third kappa shape index (κ3) is 5.78. The minimum atomic E-state index is -0.919. The molecule has 2 aromatic carbocycles. The Morgan fingerprint density at radius 2 is 1.87 bits per heavy atom. The van der Waals surface area contributed by atoms with Crippen molar-refractivity contribution in [2.24, 2.45) is 0 Å². The van der Waals surface area contributed by atoms with E-state index in [2.05, 4.69) is 20.7 Å². The smallest absolute Gasteiger partial charge is 0.251 e. The van der Waals surface area contributed by atoms with Crippen LogP contribution >= 0.6 is 11.6 Å². The number of amides is 2. The molecule has 2 aromatic heterocycles. The number of halogens is 1. The zero-order valence-electron chi connectivity index (χ0n) is 21.3. The zero-order chi connectivity index (χ0) is 26.6. The van der Waals surface area contributed by atoms with Crippen molar-refractivity contribution in [1.82, 2.24) is 25.5 Å². The highest BCUT2D eigenvalue weighted by Gasteiger charge is 2.35. The lowest BCUT2D eigenvalue weighted by molar-refractivity contribution is -0.127. The summed E-state index contributed by atoms with van der Waals surface area (Å²) < 4.78 is 5.58. The molecule has 2 heterocycles. The summed E-state index contributed by atoms with van der Waals surface area (Å²) in [6, 6.07) is 17.2. The topological polar surface area (TPSA) is 106 Å². The predicted molar refractivity (Wildman–Crippen MR) is 144 cm³/mol. The summed E-state index contributed by atoms with van der Waals surface area (Å²) in [4.78, 5) is 30.5. The van der Waals surface area contributed by atoms with Crippen LogP contribution in [0.25, 0.3) is 11.6 Å². The van der Waals surface area contributed by atoms with Crippen LogP contribution in [-0.2, 0) is 16.1 Å². The van der Waals surface area contributed by atoms with Gasteiger partial charge in [0.15, 0.2) is 5.76 Å². The van der Waals surface area contributed by atoms with Crippen LogP contribution < -0.4 is 10.2 Å². The largest absolute Gasteiger partial charge is 0.458 e. The van der Waals surface area contributed by atoms with Crippen molar-refractivity contribution in [3.63, 3.8) is 0 Å². The van der Waals surface area contributed by atoms with Crippen LogP contribution in [0.1, 0.15) is 48.6 Å². The van der Waals surface area contributed by atoms with Crippen molar-refractivity contribution < 1.29 is 14.0 Å². The highest BCUT2D eigenvalue weighted by Crippen LogP contribution is 2.31. The van der Waals surface area contributed by atoms with Gasteiger partial charge in [-0.2, -0.15) is 4.80 Å². The first-order valence-corrected chi connectivity index (χ1v) is 13.0. The summed E-state index contributed by atoms with van der Waals surface area (Å²) in [7, 11) is 0. The fraction of sp³-hybridized carbons (Fsp3) is 0.321. The molecular weight excluding hydrogens is 504 g/mol. The molecule has 1 aliphatic rings. The molecule has 0 aliphatic heterocycles. The van der Waals surface area contributed by atoms with Gasteiger partial charge in [-0.15, -0.1) is 10.2 Å². The number of benzene rings is 2. The third-order valence-corrected chi connectivity index (χ3v) is 6.88. The van der Waals surface area contributed by atoms with E-state index >= 15 is 0 Å². The SMILES string of the molecule is Cc1cccc(N(C(=O)Cn2nnc(-c3ccc(C)o3)n2)[C@@H](C(=O)NC2CCCC2)c2ccc(Cl)cc2)c1. The molecular formula is C28H29ClN6O3. The maximum Gasteiger partial charge on any atom is 0.251 e. The fourth-order valence-corrected chi connectivity index (χ4v) is 4.91. The van der Waals surface area contributed by atoms with E-state index in [1.54, 1.807) is 36.4 Å². The minimum absolute atomic E-state index is 0.0862. The van der Waals surface area contributed by atoms with E-state index in [9.17, 15) is 9.59 Å². The van der Waals surface area contributed by atoms with Gasteiger partial charge in [-0.25, -0.2) is 0 Å². The number of nitrogens with one attached hydrogen (secondary N) is 1. The Bertz CT molecular complexity index is 1420. The number of anilines is 1. The van der Waals surface area contributed by atoms with Gasteiger partial charge < -0.3 is 9.73 Å². The minimum Gasteiger partial charge on any atom is -0.458 e. The number of aryl methyl sites for hydroxylation is 2. The summed E-state index contributed by atoms with van der Waals surface area (Å²) in [5.41, 5.74) is 2.21. The summed E-state index contributed by atoms with van der Waals surface area (Å²) >= 11 is 6.16. The summed E-state index contributed by atoms with van der Waals surface area (Å²) in [5.74, 6) is 0.856. The molecule has 1 saturated carbocycles. The number of rotatable bonds is 8. The molecule has 10 heteroatoms. The number of hydrogen-bond acceptors (Lipinski definition) is 6. The van der Waals surface area contributed by atoms with Gasteiger partial charge in [0.2, 0.25) is 11.7 Å². The number of aromatic nitrogens is 4. The molecule has 0 unspecified atom stereocenters. The van der Waals surface area contributed by atoms with Gasteiger partial charge in [0.05, 0.1) is 0 Å². The Morgan fingerprint density at radius 3 is 2.55 bits per heavy atom. The molecule has 4 aromatic rings. The lowest BCUT2D eigenvalue weighted by Gasteiger charge is -2.32. The van der Waals surface area contributed by atoms with Gasteiger partial charge in [0.25, 0.3) is 5.91 Å². The van der Waals surface area contributed by atoms with E-state index in [-0.39, 0.29) is 30.2 Å². The van der Waals surface area contributed by atoms with Crippen LogP contribution in [0.4, 0.5) is 5.69 Å². The average molecular weight is 533 g/mol. The Hall–Kier alpha value is -3.98. The van der Waals surface area contributed by atoms with Crippen molar-refractivity contribution in [3.05, 3.63) is 82.6 Å². The van der Waals surface area contributed by atoms with Gasteiger partial charge in [0.1, 0.15) is 18.3 Å². The number of hydrogen-bond donors (Lipinski definition) is 1. The highest BCUT2D eigenvalue weighted by molar-refractivity contribution is 6.30. The monoisotopic (exact) mass is 532 g/mol. The number of carbonyl (C=O) groups is 2. The van der Waals surface area contributed by atoms with Crippen molar-refractivity contribution in [3.8, 4) is 11.6 Å². The van der Waals surface area contributed by atoms with Crippen LogP contribution in [-0.4, -0.2) is 38.1 Å². The number of furan rings is 1. The maximum atomic E-state index is 14.0. The molecule has 0 radical (unpaired) electrons. The Labute approximate surface area is 225 Å². The van der Waals surface area contributed by atoms with Gasteiger partial charge >= 0.3 is 0 Å². The quantitative estimate of drug-likeness (QED) is 0.341. The molecule has 0 saturated heterocycles. The molecule has 196 valence electrons. The lowest BCUT2D eigenvalue weighted by atomic mass is 10.0. The van der Waals surface area contributed by atoms with Gasteiger partial charge in [0, 0.05) is 16.8 Å². The van der Waals surface area contributed by atoms with Crippen LogP contribution in [0.2, 0.25) is 5.02 Å². The second kappa shape index (κ2) is 11.2. The van der Waals surface area contributed by atoms with Gasteiger partial charge in [-0.3, -0.25) is 14.5 Å². The first-order chi connectivity index (χ1) is 18.4. The maximum absolute atomic E-state index is 14.0. The van der Waals surface area contributed by atoms with E-state index in [0.717, 1.165) is 37.0 Å². The molecule has 5 rings (SSSR count). The van der Waals surface area contributed by atoms with Gasteiger partial charge in [-0.05, 0) is 79.4 Å². The van der Waals surface area contributed by atoms with Gasteiger partial charge in [-0.1, -0.05) is 48.7 Å². The average Bonchev–Trinajstić information content (AvgIpc) is 3.66. The van der Waals surface area contributed by atoms with E-state index in [4.69, 9.17) is 16.0 Å². The van der Waals surface area contributed by atoms with Crippen LogP contribution in [0, 0.1) is 13.8 Å². The van der Waals surface area contributed by atoms with Crippen molar-refractivity contribution >= 4 is 29.1 Å². The fourth-order valence-electron chi connectivity index (χ4n) is 4.79. The number of carbonyl (C=O) groups excluding carboxylic acids is 2. The Balaban J connectivity index is 1.51. The third-order valence-electron chi connectivity index (χ3n) is 6.63. The number of nitrogens with zero attached hydrogens (tertiary/aromatic N) is 5. The highest BCUT2D eigenvalue weighted by atomic mass is 35.5. The molecule has 9 nitrogen and oxygen atoms in total. The lowest BCUT2D eigenvalue weighted by Crippen LogP contribution is -2.47. The molecule has 1 fully saturated rings. The van der Waals surface area contributed by atoms with Crippen molar-refractivity contribution in [2.45, 2.75) is 58.2 Å². The van der Waals surface area contributed by atoms with Crippen LogP contribution in [0.15, 0.2) is 65.1 Å². The van der Waals surface area contributed by atoms with Crippen LogP contribution in [0.5, 0.6) is 0 Å². The zero-order valence-corrected chi connectivity index (χ0v) is 22.1. The summed E-state index contributed by atoms with van der Waals surface area (Å²) in [6.45, 7) is 3.55. The second-order valence-corrected chi connectivity index (χ2v) is 10.0. The first-order valence-electron chi connectivity index (χ1n) is 12.7. The number of tetrazole rings is 1. The van der Waals surface area contributed by atoms with Crippen molar-refractivity contribution in [1.29, 1.82) is 0 Å².